The first-order chi connectivity index (χ1) is 13.3. The first-order valence-corrected chi connectivity index (χ1v) is 10.4. The average molecular weight is 383 g/mol. The van der Waals surface area contributed by atoms with E-state index in [4.69, 9.17) is 9.72 Å². The summed E-state index contributed by atoms with van der Waals surface area (Å²) >= 11 is 1.44. The van der Waals surface area contributed by atoms with Crippen LogP contribution in [-0.4, -0.2) is 41.3 Å². The molecule has 1 fully saturated rings. The maximum absolute atomic E-state index is 12.3. The Hall–Kier alpha value is -2.22. The molecule has 7 heteroatoms. The van der Waals surface area contributed by atoms with Gasteiger partial charge in [-0.25, -0.2) is 4.98 Å². The van der Waals surface area contributed by atoms with Gasteiger partial charge in [-0.3, -0.25) is 4.79 Å². The summed E-state index contributed by atoms with van der Waals surface area (Å²) in [7, 11) is 0. The number of carbonyl (C=O) groups excluding carboxylic acids is 1. The number of amides is 1. The number of hydrogen-bond acceptors (Lipinski definition) is 4. The van der Waals surface area contributed by atoms with E-state index in [2.05, 4.69) is 16.0 Å². The minimum Gasteiger partial charge on any atom is -0.372 e. The lowest BCUT2D eigenvalue weighted by atomic mass is 10.2. The van der Waals surface area contributed by atoms with Gasteiger partial charge in [-0.05, 0) is 42.5 Å². The van der Waals surface area contributed by atoms with Gasteiger partial charge in [0.05, 0.1) is 29.0 Å². The van der Waals surface area contributed by atoms with E-state index < -0.39 is 0 Å². The van der Waals surface area contributed by atoms with Crippen molar-refractivity contribution >= 4 is 34.0 Å². The van der Waals surface area contributed by atoms with Gasteiger partial charge in [-0.1, -0.05) is 6.07 Å². The monoisotopic (exact) mass is 383 g/mol. The Morgan fingerprint density at radius 2 is 2.37 bits per heavy atom. The molecule has 1 amide bonds. The van der Waals surface area contributed by atoms with E-state index in [1.54, 1.807) is 4.90 Å². The number of benzene rings is 1. The molecule has 1 saturated heterocycles. The normalized spacial score (nSPS) is 22.1. The molecule has 6 nitrogen and oxygen atoms in total. The Kier molecular flexibility index (Phi) is 4.43. The number of imidazole rings is 1. The Morgan fingerprint density at radius 1 is 1.41 bits per heavy atom. The summed E-state index contributed by atoms with van der Waals surface area (Å²) in [4.78, 5) is 19.4. The maximum atomic E-state index is 12.3. The molecular formula is C20H23N4O2S+. The third kappa shape index (κ3) is 3.38. The van der Waals surface area contributed by atoms with Crippen LogP contribution in [0.5, 0.6) is 0 Å². The van der Waals surface area contributed by atoms with Crippen molar-refractivity contribution in [1.29, 1.82) is 0 Å². The number of ether oxygens (including phenoxy) is 1. The van der Waals surface area contributed by atoms with Crippen LogP contribution in [0.2, 0.25) is 0 Å². The topological polar surface area (TPSA) is 60.6 Å². The number of nitrogens with zero attached hydrogens (tertiary/aromatic N) is 2. The number of carbonyl (C=O) groups is 1. The van der Waals surface area contributed by atoms with Crippen molar-refractivity contribution in [2.45, 2.75) is 32.0 Å². The van der Waals surface area contributed by atoms with E-state index in [0.29, 0.717) is 11.0 Å². The lowest BCUT2D eigenvalue weighted by Gasteiger charge is -2.26. The molecule has 2 aliphatic heterocycles. The van der Waals surface area contributed by atoms with E-state index in [1.807, 2.05) is 29.6 Å². The molecule has 0 bridgehead atoms. The number of anilines is 1. The average Bonchev–Trinajstić information content (AvgIpc) is 3.42. The molecule has 0 spiro atoms. The van der Waals surface area contributed by atoms with Crippen molar-refractivity contribution in [1.82, 2.24) is 9.55 Å². The number of nitrogens with one attached hydrogen (secondary N) is 2. The zero-order valence-corrected chi connectivity index (χ0v) is 15.9. The summed E-state index contributed by atoms with van der Waals surface area (Å²) in [6.45, 7) is 5.01. The second-order valence-electron chi connectivity index (χ2n) is 7.33. The Morgan fingerprint density at radius 3 is 3.19 bits per heavy atom. The number of quaternary nitrogens is 1. The molecule has 1 aromatic carbocycles. The quantitative estimate of drug-likeness (QED) is 0.724. The van der Waals surface area contributed by atoms with E-state index >= 15 is 0 Å². The van der Waals surface area contributed by atoms with Gasteiger partial charge in [0, 0.05) is 12.3 Å². The van der Waals surface area contributed by atoms with Gasteiger partial charge < -0.3 is 19.5 Å². The Bertz CT molecular complexity index is 960. The number of aromatic nitrogens is 2. The summed E-state index contributed by atoms with van der Waals surface area (Å²) in [6.07, 6.45) is 2.79. The highest BCUT2D eigenvalue weighted by molar-refractivity contribution is 7.12. The Balaban J connectivity index is 1.34. The van der Waals surface area contributed by atoms with Crippen molar-refractivity contribution in [3.05, 3.63) is 46.4 Å². The van der Waals surface area contributed by atoms with Crippen LogP contribution in [0.3, 0.4) is 0 Å². The predicted octanol–water partition coefficient (Wildman–Crippen LogP) is 1.93. The van der Waals surface area contributed by atoms with Crippen LogP contribution in [0.25, 0.3) is 11.0 Å². The second kappa shape index (κ2) is 7.07. The van der Waals surface area contributed by atoms with Crippen molar-refractivity contribution in [3.8, 4) is 0 Å². The summed E-state index contributed by atoms with van der Waals surface area (Å²) in [5.74, 6) is 1.06. The fraction of sp³-hybridized carbons (Fsp3) is 0.400. The molecule has 1 unspecified atom stereocenters. The number of fused-ring (bicyclic) bond motifs is 3. The summed E-state index contributed by atoms with van der Waals surface area (Å²) < 4.78 is 8.12. The molecule has 140 valence electrons. The van der Waals surface area contributed by atoms with E-state index in [1.165, 1.54) is 24.2 Å². The lowest BCUT2D eigenvalue weighted by Crippen LogP contribution is -3.13. The summed E-state index contributed by atoms with van der Waals surface area (Å²) in [5, 5.41) is 4.88. The molecule has 0 aliphatic carbocycles. The molecule has 2 atom stereocenters. The van der Waals surface area contributed by atoms with Gasteiger partial charge in [-0.2, -0.15) is 0 Å². The van der Waals surface area contributed by atoms with Crippen molar-refractivity contribution in [3.63, 3.8) is 0 Å². The van der Waals surface area contributed by atoms with Crippen molar-refractivity contribution in [2.24, 2.45) is 0 Å². The van der Waals surface area contributed by atoms with Crippen LogP contribution in [0.15, 0.2) is 35.7 Å². The zero-order valence-electron chi connectivity index (χ0n) is 15.1. The maximum Gasteiger partial charge on any atom is 0.265 e. The highest BCUT2D eigenvalue weighted by atomic mass is 32.1. The Labute approximate surface area is 161 Å². The molecular weight excluding hydrogens is 360 g/mol. The molecule has 0 radical (unpaired) electrons. The first kappa shape index (κ1) is 16.9. The number of hydrogen-bond donors (Lipinski definition) is 2. The van der Waals surface area contributed by atoms with E-state index in [9.17, 15) is 4.79 Å². The first-order valence-electron chi connectivity index (χ1n) is 9.55. The zero-order chi connectivity index (χ0) is 18.2. The summed E-state index contributed by atoms with van der Waals surface area (Å²) in [6, 6.07) is 9.73. The third-order valence-corrected chi connectivity index (χ3v) is 6.34. The minimum absolute atomic E-state index is 0.0690. The van der Waals surface area contributed by atoms with Gasteiger partial charge in [-0.15, -0.1) is 11.3 Å². The van der Waals surface area contributed by atoms with Gasteiger partial charge >= 0.3 is 0 Å². The summed E-state index contributed by atoms with van der Waals surface area (Å²) in [5.41, 5.74) is 2.89. The van der Waals surface area contributed by atoms with Crippen LogP contribution >= 0.6 is 11.3 Å². The number of thiophene rings is 1. The van der Waals surface area contributed by atoms with E-state index in [0.717, 1.165) is 55.3 Å². The molecule has 27 heavy (non-hydrogen) atoms. The van der Waals surface area contributed by atoms with Crippen molar-refractivity contribution in [2.75, 3.05) is 25.0 Å². The van der Waals surface area contributed by atoms with Gasteiger partial charge in [0.2, 0.25) is 0 Å². The molecule has 4 heterocycles. The van der Waals surface area contributed by atoms with Crippen LogP contribution in [0.1, 0.15) is 28.3 Å². The predicted molar refractivity (Wildman–Crippen MR) is 105 cm³/mol. The van der Waals surface area contributed by atoms with Gasteiger partial charge in [0.1, 0.15) is 19.2 Å². The minimum atomic E-state index is -0.0690. The highest BCUT2D eigenvalue weighted by Crippen LogP contribution is 2.22. The van der Waals surface area contributed by atoms with Gasteiger partial charge in [0.15, 0.2) is 5.82 Å². The SMILES string of the molecule is O=C(Nc1ccc2c(c1)nc1n2CC[NH+](C[C@H]2CCCO2)C1)c1cccs1. The molecule has 2 aromatic heterocycles. The molecule has 0 saturated carbocycles. The standard InChI is InChI=1S/C20H22N4O2S/c25-20(18-4-2-10-27-18)21-14-5-6-17-16(11-14)22-19-13-23(7-8-24(17)19)12-15-3-1-9-26-15/h2,4-6,10-11,15H,1,3,7-9,12-13H2,(H,21,25)/p+1/t15-/m1/s1. The van der Waals surface area contributed by atoms with Crippen LogP contribution < -0.4 is 10.2 Å². The number of rotatable bonds is 4. The van der Waals surface area contributed by atoms with Gasteiger partial charge in [0.25, 0.3) is 5.91 Å². The lowest BCUT2D eigenvalue weighted by molar-refractivity contribution is -0.921. The molecule has 2 N–H and O–H groups in total. The second-order valence-corrected chi connectivity index (χ2v) is 8.28. The largest absolute Gasteiger partial charge is 0.372 e. The highest BCUT2D eigenvalue weighted by Gasteiger charge is 2.27. The fourth-order valence-corrected chi connectivity index (χ4v) is 4.74. The van der Waals surface area contributed by atoms with Crippen LogP contribution in [0.4, 0.5) is 5.69 Å². The fourth-order valence-electron chi connectivity index (χ4n) is 4.13. The molecule has 3 aromatic rings. The van der Waals surface area contributed by atoms with Crippen molar-refractivity contribution < 1.29 is 14.4 Å². The third-order valence-electron chi connectivity index (χ3n) is 5.47. The molecule has 2 aliphatic rings. The molecule has 5 rings (SSSR count). The van der Waals surface area contributed by atoms with Crippen LogP contribution in [-0.2, 0) is 17.8 Å². The van der Waals surface area contributed by atoms with E-state index in [-0.39, 0.29) is 5.91 Å². The smallest absolute Gasteiger partial charge is 0.265 e. The van der Waals surface area contributed by atoms with Crippen LogP contribution in [0, 0.1) is 0 Å².